The van der Waals surface area contributed by atoms with Crippen molar-refractivity contribution >= 4 is 36.8 Å². The van der Waals surface area contributed by atoms with Crippen LogP contribution in [-0.4, -0.2) is 53.7 Å². The van der Waals surface area contributed by atoms with Gasteiger partial charge >= 0.3 is 11.9 Å². The van der Waals surface area contributed by atoms with E-state index in [4.69, 9.17) is 14.5 Å². The van der Waals surface area contributed by atoms with Gasteiger partial charge in [0.1, 0.15) is 12.0 Å². The number of ether oxygens (including phenoxy) is 1. The number of para-hydroxylation sites is 1. The van der Waals surface area contributed by atoms with Crippen LogP contribution in [0.25, 0.3) is 0 Å². The molecule has 11 heteroatoms. The quantitative estimate of drug-likeness (QED) is 0.371. The van der Waals surface area contributed by atoms with Gasteiger partial charge in [0, 0.05) is 41.5 Å². The number of carbonyl (C=O) groups excluding carboxylic acids is 1. The van der Waals surface area contributed by atoms with Gasteiger partial charge in [0.25, 0.3) is 0 Å². The van der Waals surface area contributed by atoms with Crippen molar-refractivity contribution in [1.29, 1.82) is 0 Å². The van der Waals surface area contributed by atoms with Crippen molar-refractivity contribution in [3.63, 3.8) is 0 Å². The third-order valence-corrected chi connectivity index (χ3v) is 7.08. The van der Waals surface area contributed by atoms with Crippen molar-refractivity contribution in [3.05, 3.63) is 70.7 Å². The molecule has 2 aromatic rings. The Hall–Kier alpha value is -2.85. The Kier molecular flexibility index (Phi) is 10.3. The number of carboxylic acids is 1. The lowest BCUT2D eigenvalue weighted by atomic mass is 9.60. The molecule has 2 N–H and O–H groups in total. The van der Waals surface area contributed by atoms with E-state index in [2.05, 4.69) is 10.3 Å². The molecule has 202 valence electrons. The van der Waals surface area contributed by atoms with Crippen molar-refractivity contribution in [3.8, 4) is 5.75 Å². The first-order valence-corrected chi connectivity index (χ1v) is 11.6. The molecule has 4 rings (SSSR count). The summed E-state index contributed by atoms with van der Waals surface area (Å²) in [5, 5.41) is 14.0. The van der Waals surface area contributed by atoms with Gasteiger partial charge in [-0.25, -0.2) is 4.79 Å². The van der Waals surface area contributed by atoms with E-state index in [-0.39, 0.29) is 43.4 Å². The van der Waals surface area contributed by atoms with Gasteiger partial charge in [0.15, 0.2) is 5.75 Å². The van der Waals surface area contributed by atoms with Crippen LogP contribution in [-0.2, 0) is 32.4 Å². The van der Waals surface area contributed by atoms with Gasteiger partial charge in [-0.1, -0.05) is 24.3 Å². The molecular formula is C26H33Cl2N3O6. The Morgan fingerprint density at radius 1 is 1.24 bits per heavy atom. The van der Waals surface area contributed by atoms with Crippen molar-refractivity contribution < 1.29 is 29.2 Å². The highest BCUT2D eigenvalue weighted by Crippen LogP contribution is 2.53. The Morgan fingerprint density at radius 3 is 2.65 bits per heavy atom. The third-order valence-electron chi connectivity index (χ3n) is 7.08. The number of fused-ring (bicyclic) bond motifs is 1. The first kappa shape index (κ1) is 30.4. The molecule has 0 bridgehead atoms. The van der Waals surface area contributed by atoms with Crippen molar-refractivity contribution in [2.75, 3.05) is 20.7 Å². The van der Waals surface area contributed by atoms with Crippen LogP contribution in [0.2, 0.25) is 0 Å². The number of hydrogen-bond acceptors (Lipinski definition) is 8. The smallest absolute Gasteiger partial charge is 0.336 e. The Balaban J connectivity index is 0.00000241. The van der Waals surface area contributed by atoms with Crippen LogP contribution in [0.3, 0.4) is 0 Å². The molecule has 0 saturated heterocycles. The molecule has 37 heavy (non-hydrogen) atoms. The summed E-state index contributed by atoms with van der Waals surface area (Å²) in [7, 11) is 3.23. The second-order valence-electron chi connectivity index (χ2n) is 9.16. The summed E-state index contributed by atoms with van der Waals surface area (Å²) in [6, 6.07) is 10.7. The summed E-state index contributed by atoms with van der Waals surface area (Å²) in [4.78, 5) is 43.3. The molecule has 0 aliphatic carbocycles. The number of allylic oxidation sites excluding steroid dienone is 1. The summed E-state index contributed by atoms with van der Waals surface area (Å²) < 4.78 is 5.12. The highest BCUT2D eigenvalue weighted by Gasteiger charge is 2.57. The zero-order valence-corrected chi connectivity index (χ0v) is 22.9. The molecule has 3 unspecified atom stereocenters. The third kappa shape index (κ3) is 5.70. The largest absolute Gasteiger partial charge is 0.481 e. The van der Waals surface area contributed by atoms with Crippen LogP contribution in [0.5, 0.6) is 5.75 Å². The van der Waals surface area contributed by atoms with Gasteiger partial charge < -0.3 is 24.9 Å². The zero-order valence-electron chi connectivity index (χ0n) is 21.2. The first-order chi connectivity index (χ1) is 16.8. The van der Waals surface area contributed by atoms with E-state index in [1.807, 2.05) is 55.3 Å². The maximum absolute atomic E-state index is 13.2. The first-order valence-electron chi connectivity index (χ1n) is 11.6. The van der Waals surface area contributed by atoms with Crippen molar-refractivity contribution in [2.24, 2.45) is 5.41 Å². The van der Waals surface area contributed by atoms with E-state index in [0.717, 1.165) is 11.3 Å². The van der Waals surface area contributed by atoms with Crippen molar-refractivity contribution in [1.82, 2.24) is 15.2 Å². The normalized spacial score (nSPS) is 22.2. The number of pyridine rings is 1. The molecule has 1 aromatic carbocycles. The van der Waals surface area contributed by atoms with E-state index in [0.29, 0.717) is 30.1 Å². The SMILES string of the molecule is COC(=O)C1=C(C)NC(C)C(CCN(C)Cc2ccccn2)(C(=O)O)C1c1cccc2c1OOC2.Cl.Cl. The number of aromatic nitrogens is 1. The fourth-order valence-electron chi connectivity index (χ4n) is 5.27. The minimum Gasteiger partial charge on any atom is -0.481 e. The van der Waals surface area contributed by atoms with Crippen LogP contribution >= 0.6 is 24.8 Å². The van der Waals surface area contributed by atoms with Gasteiger partial charge in [0.2, 0.25) is 0 Å². The Bertz CT molecular complexity index is 1150. The van der Waals surface area contributed by atoms with Crippen LogP contribution in [0, 0.1) is 5.41 Å². The zero-order chi connectivity index (χ0) is 25.2. The predicted octanol–water partition coefficient (Wildman–Crippen LogP) is 3.86. The molecule has 3 atom stereocenters. The number of nitrogens with zero attached hydrogens (tertiary/aromatic N) is 2. The number of benzene rings is 1. The summed E-state index contributed by atoms with van der Waals surface area (Å²) in [5.74, 6) is -1.92. The summed E-state index contributed by atoms with van der Waals surface area (Å²) >= 11 is 0. The minimum absolute atomic E-state index is 0. The predicted molar refractivity (Wildman–Crippen MR) is 142 cm³/mol. The van der Waals surface area contributed by atoms with E-state index < -0.39 is 29.3 Å². The molecular weight excluding hydrogens is 521 g/mol. The lowest BCUT2D eigenvalue weighted by Crippen LogP contribution is -2.57. The molecule has 0 fully saturated rings. The Morgan fingerprint density at radius 2 is 2.00 bits per heavy atom. The summed E-state index contributed by atoms with van der Waals surface area (Å²) in [6.45, 7) is 4.91. The van der Waals surface area contributed by atoms with Crippen molar-refractivity contribution in [2.45, 2.75) is 45.4 Å². The van der Waals surface area contributed by atoms with Gasteiger partial charge in [-0.2, -0.15) is 4.89 Å². The monoisotopic (exact) mass is 553 g/mol. The average molecular weight is 554 g/mol. The van der Waals surface area contributed by atoms with Gasteiger partial charge in [-0.05, 0) is 46.0 Å². The minimum atomic E-state index is -1.37. The topological polar surface area (TPSA) is 110 Å². The number of rotatable bonds is 8. The highest BCUT2D eigenvalue weighted by atomic mass is 35.5. The van der Waals surface area contributed by atoms with E-state index >= 15 is 0 Å². The molecule has 3 heterocycles. The number of methoxy groups -OCH3 is 1. The highest BCUT2D eigenvalue weighted by molar-refractivity contribution is 5.94. The molecule has 0 radical (unpaired) electrons. The summed E-state index contributed by atoms with van der Waals surface area (Å²) in [5.41, 5.74) is 1.80. The lowest BCUT2D eigenvalue weighted by Gasteiger charge is -2.47. The second kappa shape index (κ2) is 12.6. The molecule has 1 aromatic heterocycles. The van der Waals surface area contributed by atoms with E-state index in [9.17, 15) is 14.7 Å². The molecule has 0 spiro atoms. The molecule has 9 nitrogen and oxygen atoms in total. The second-order valence-corrected chi connectivity index (χ2v) is 9.16. The number of hydrogen-bond donors (Lipinski definition) is 2. The fraction of sp³-hybridized carbons (Fsp3) is 0.423. The molecule has 0 amide bonds. The molecule has 0 saturated carbocycles. The van der Waals surface area contributed by atoms with Crippen LogP contribution < -0.4 is 10.2 Å². The van der Waals surface area contributed by atoms with Gasteiger partial charge in [-0.15, -0.1) is 24.8 Å². The van der Waals surface area contributed by atoms with Crippen LogP contribution in [0.4, 0.5) is 0 Å². The number of aliphatic carboxylic acids is 1. The number of carboxylic acid groups (broad SMARTS) is 1. The summed E-state index contributed by atoms with van der Waals surface area (Å²) in [6.07, 6.45) is 2.00. The van der Waals surface area contributed by atoms with Gasteiger partial charge in [-0.3, -0.25) is 9.78 Å². The van der Waals surface area contributed by atoms with Crippen LogP contribution in [0.15, 0.2) is 53.9 Å². The van der Waals surface area contributed by atoms with Crippen LogP contribution in [0.1, 0.15) is 43.0 Å². The number of nitrogens with one attached hydrogen (secondary N) is 1. The number of esters is 1. The van der Waals surface area contributed by atoms with E-state index in [1.54, 1.807) is 13.1 Å². The maximum Gasteiger partial charge on any atom is 0.336 e. The Labute approximate surface area is 228 Å². The number of carbonyl (C=O) groups is 2. The maximum atomic E-state index is 13.2. The average Bonchev–Trinajstić information content (AvgIpc) is 3.32. The fourth-order valence-corrected chi connectivity index (χ4v) is 5.27. The molecule has 2 aliphatic rings. The van der Waals surface area contributed by atoms with E-state index in [1.165, 1.54) is 7.11 Å². The standard InChI is InChI=1S/C26H31N3O6.2ClH/c1-16-21(24(30)33-4)22(20-10-7-8-18-15-34-35-23(18)20)26(25(31)32,17(2)28-16)11-13-29(3)14-19-9-5-6-12-27-19;;/h5-10,12,17,22,28H,11,13-15H2,1-4H3,(H,31,32);2*1H. The number of halogens is 2. The molecule has 2 aliphatic heterocycles. The van der Waals surface area contributed by atoms with Gasteiger partial charge in [0.05, 0.1) is 18.4 Å². The lowest BCUT2D eigenvalue weighted by molar-refractivity contribution is -0.195.